The monoisotopic (exact) mass is 549 g/mol. The van der Waals surface area contributed by atoms with Crippen molar-refractivity contribution in [2.24, 2.45) is 0 Å². The van der Waals surface area contributed by atoms with E-state index in [4.69, 9.17) is 27.9 Å². The molecule has 4 rings (SSSR count). The van der Waals surface area contributed by atoms with E-state index in [1.807, 2.05) is 0 Å². The lowest BCUT2D eigenvalue weighted by atomic mass is 9.95. The number of carbonyl (C=O) groups excluding carboxylic acids is 2. The quantitative estimate of drug-likeness (QED) is 0.228. The molecular formula is C24H15BrCl2FNO4. The first-order chi connectivity index (χ1) is 15.7. The van der Waals surface area contributed by atoms with Gasteiger partial charge in [0, 0.05) is 21.3 Å². The lowest BCUT2D eigenvalue weighted by molar-refractivity contribution is -0.132. The number of rotatable bonds is 4. The van der Waals surface area contributed by atoms with E-state index in [2.05, 4.69) is 15.9 Å². The van der Waals surface area contributed by atoms with Gasteiger partial charge in [-0.3, -0.25) is 14.5 Å². The Labute approximate surface area is 207 Å². The molecule has 1 fully saturated rings. The van der Waals surface area contributed by atoms with Crippen LogP contribution in [0.5, 0.6) is 5.75 Å². The molecule has 0 radical (unpaired) electrons. The zero-order chi connectivity index (χ0) is 23.9. The molecule has 33 heavy (non-hydrogen) atoms. The average molecular weight is 551 g/mol. The van der Waals surface area contributed by atoms with E-state index in [1.54, 1.807) is 18.2 Å². The molecule has 1 unspecified atom stereocenters. The van der Waals surface area contributed by atoms with E-state index < -0.39 is 23.5 Å². The first-order valence-corrected chi connectivity index (χ1v) is 11.1. The summed E-state index contributed by atoms with van der Waals surface area (Å²) in [6, 6.07) is 13.5. The van der Waals surface area contributed by atoms with Gasteiger partial charge in [0.05, 0.1) is 23.2 Å². The van der Waals surface area contributed by atoms with Crippen molar-refractivity contribution in [3.05, 3.63) is 97.7 Å². The summed E-state index contributed by atoms with van der Waals surface area (Å²) in [5.74, 6) is -2.13. The number of ketones is 1. The second kappa shape index (κ2) is 9.17. The summed E-state index contributed by atoms with van der Waals surface area (Å²) in [4.78, 5) is 27.5. The first kappa shape index (κ1) is 23.3. The van der Waals surface area contributed by atoms with Gasteiger partial charge in [-0.25, -0.2) is 4.39 Å². The van der Waals surface area contributed by atoms with Crippen LogP contribution < -0.4 is 9.64 Å². The van der Waals surface area contributed by atoms with Crippen LogP contribution in [-0.4, -0.2) is 23.9 Å². The lowest BCUT2D eigenvalue weighted by Gasteiger charge is -2.26. The van der Waals surface area contributed by atoms with E-state index in [0.717, 1.165) is 0 Å². The highest BCUT2D eigenvalue weighted by atomic mass is 79.9. The fourth-order valence-electron chi connectivity index (χ4n) is 3.71. The molecule has 0 saturated carbocycles. The summed E-state index contributed by atoms with van der Waals surface area (Å²) in [7, 11) is 1.50. The average Bonchev–Trinajstić information content (AvgIpc) is 3.03. The van der Waals surface area contributed by atoms with Crippen LogP contribution in [0.3, 0.4) is 0 Å². The Morgan fingerprint density at radius 3 is 2.24 bits per heavy atom. The number of anilines is 1. The molecule has 1 aliphatic rings. The predicted molar refractivity (Wildman–Crippen MR) is 128 cm³/mol. The maximum absolute atomic E-state index is 13.6. The molecule has 1 aliphatic heterocycles. The summed E-state index contributed by atoms with van der Waals surface area (Å²) >= 11 is 15.6. The molecule has 1 heterocycles. The van der Waals surface area contributed by atoms with E-state index in [1.165, 1.54) is 54.5 Å². The molecule has 1 atom stereocenters. The molecule has 1 N–H and O–H groups in total. The molecule has 0 aliphatic carbocycles. The Kier molecular flexibility index (Phi) is 6.47. The van der Waals surface area contributed by atoms with E-state index in [-0.39, 0.29) is 32.6 Å². The fourth-order valence-corrected chi connectivity index (χ4v) is 4.76. The molecule has 0 bridgehead atoms. The maximum Gasteiger partial charge on any atom is 0.300 e. The van der Waals surface area contributed by atoms with Crippen molar-refractivity contribution in [1.29, 1.82) is 0 Å². The van der Waals surface area contributed by atoms with Gasteiger partial charge in [-0.15, -0.1) is 0 Å². The van der Waals surface area contributed by atoms with E-state index in [0.29, 0.717) is 15.8 Å². The minimum atomic E-state index is -1.04. The molecule has 9 heteroatoms. The minimum Gasteiger partial charge on any atom is -0.507 e. The SMILES string of the molecule is COc1ccc(/C(O)=C2\C(=O)C(=O)N(c3cc(Cl)cc(Cl)c3)C2c2ccc(F)cc2)cc1Br. The van der Waals surface area contributed by atoms with Gasteiger partial charge in [-0.05, 0) is 70.0 Å². The Hall–Kier alpha value is -2.87. The van der Waals surface area contributed by atoms with Crippen molar-refractivity contribution in [2.75, 3.05) is 12.0 Å². The number of hydrogen-bond donors (Lipinski definition) is 1. The topological polar surface area (TPSA) is 66.8 Å². The highest BCUT2D eigenvalue weighted by Crippen LogP contribution is 2.43. The summed E-state index contributed by atoms with van der Waals surface area (Å²) in [6.45, 7) is 0. The Balaban J connectivity index is 1.96. The number of aliphatic hydroxyl groups excluding tert-OH is 1. The van der Waals surface area contributed by atoms with Gasteiger partial charge in [0.1, 0.15) is 17.3 Å². The van der Waals surface area contributed by atoms with E-state index in [9.17, 15) is 19.1 Å². The lowest BCUT2D eigenvalue weighted by Crippen LogP contribution is -2.29. The summed E-state index contributed by atoms with van der Waals surface area (Å²) in [5.41, 5.74) is 0.816. The van der Waals surface area contributed by atoms with Crippen LogP contribution in [0.2, 0.25) is 10.0 Å². The molecule has 1 amide bonds. The maximum atomic E-state index is 13.6. The third-order valence-electron chi connectivity index (χ3n) is 5.18. The molecule has 168 valence electrons. The number of Topliss-reactive ketones (excluding diaryl/α,β-unsaturated/α-hetero) is 1. The number of benzene rings is 3. The van der Waals surface area contributed by atoms with Gasteiger partial charge < -0.3 is 9.84 Å². The Bertz CT molecular complexity index is 1290. The summed E-state index contributed by atoms with van der Waals surface area (Å²) in [5, 5.41) is 11.7. The smallest absolute Gasteiger partial charge is 0.300 e. The Morgan fingerprint density at radius 2 is 1.67 bits per heavy atom. The third-order valence-corrected chi connectivity index (χ3v) is 6.24. The normalized spacial score (nSPS) is 17.5. The number of hydrogen-bond acceptors (Lipinski definition) is 4. The van der Waals surface area contributed by atoms with Crippen molar-refractivity contribution in [3.8, 4) is 5.75 Å². The van der Waals surface area contributed by atoms with Gasteiger partial charge in [-0.1, -0.05) is 35.3 Å². The molecule has 3 aromatic carbocycles. The fraction of sp³-hybridized carbons (Fsp3) is 0.0833. The number of amides is 1. The highest BCUT2D eigenvalue weighted by molar-refractivity contribution is 9.10. The van der Waals surface area contributed by atoms with Crippen LogP contribution in [0.1, 0.15) is 17.2 Å². The number of halogens is 4. The molecule has 0 spiro atoms. The molecule has 3 aromatic rings. The van der Waals surface area contributed by atoms with Crippen LogP contribution in [0.15, 0.2) is 70.7 Å². The van der Waals surface area contributed by atoms with Crippen molar-refractivity contribution < 1.29 is 23.8 Å². The number of methoxy groups -OCH3 is 1. The predicted octanol–water partition coefficient (Wildman–Crippen LogP) is 6.53. The standard InChI is InChI=1S/C24H15BrCl2FNO4/c1-33-19-7-4-13(8-18(19)25)22(30)20-21(12-2-5-16(28)6-3-12)29(24(32)23(20)31)17-10-14(26)9-15(27)11-17/h2-11,21,30H,1H3/b22-20+. The number of carbonyl (C=O) groups is 2. The van der Waals surface area contributed by atoms with Crippen LogP contribution in [-0.2, 0) is 9.59 Å². The number of aliphatic hydroxyl groups is 1. The van der Waals surface area contributed by atoms with Crippen LogP contribution in [0.25, 0.3) is 5.76 Å². The summed E-state index contributed by atoms with van der Waals surface area (Å²) in [6.07, 6.45) is 0. The molecule has 0 aromatic heterocycles. The second-order valence-electron chi connectivity index (χ2n) is 7.20. The molecular weight excluding hydrogens is 536 g/mol. The summed E-state index contributed by atoms with van der Waals surface area (Å²) < 4.78 is 19.4. The van der Waals surface area contributed by atoms with Gasteiger partial charge in [-0.2, -0.15) is 0 Å². The van der Waals surface area contributed by atoms with Crippen molar-refractivity contribution >= 4 is 62.3 Å². The van der Waals surface area contributed by atoms with Crippen LogP contribution in [0.4, 0.5) is 10.1 Å². The van der Waals surface area contributed by atoms with Gasteiger partial charge in [0.2, 0.25) is 0 Å². The second-order valence-corrected chi connectivity index (χ2v) is 8.92. The zero-order valence-corrected chi connectivity index (χ0v) is 20.1. The number of nitrogens with zero attached hydrogens (tertiary/aromatic N) is 1. The van der Waals surface area contributed by atoms with Gasteiger partial charge >= 0.3 is 0 Å². The van der Waals surface area contributed by atoms with E-state index >= 15 is 0 Å². The van der Waals surface area contributed by atoms with Crippen molar-refractivity contribution in [3.63, 3.8) is 0 Å². The first-order valence-electron chi connectivity index (χ1n) is 9.57. The third kappa shape index (κ3) is 4.36. The zero-order valence-electron chi connectivity index (χ0n) is 17.0. The van der Waals surface area contributed by atoms with Crippen LogP contribution in [0, 0.1) is 5.82 Å². The molecule has 5 nitrogen and oxygen atoms in total. The Morgan fingerprint density at radius 1 is 1.03 bits per heavy atom. The highest BCUT2D eigenvalue weighted by Gasteiger charge is 2.47. The minimum absolute atomic E-state index is 0.153. The largest absolute Gasteiger partial charge is 0.507 e. The van der Waals surface area contributed by atoms with Crippen molar-refractivity contribution in [2.45, 2.75) is 6.04 Å². The molecule has 1 saturated heterocycles. The van der Waals surface area contributed by atoms with Gasteiger partial charge in [0.15, 0.2) is 0 Å². The number of ether oxygens (including phenoxy) is 1. The van der Waals surface area contributed by atoms with Gasteiger partial charge in [0.25, 0.3) is 11.7 Å². The van der Waals surface area contributed by atoms with Crippen molar-refractivity contribution in [1.82, 2.24) is 0 Å². The van der Waals surface area contributed by atoms with Crippen LogP contribution >= 0.6 is 39.1 Å².